The fraction of sp³-hybridized carbons (Fsp3) is 0.211. The van der Waals surface area contributed by atoms with Gasteiger partial charge in [0.15, 0.2) is 23.6 Å². The molecule has 3 heterocycles. The summed E-state index contributed by atoms with van der Waals surface area (Å²) in [7, 11) is 0. The monoisotopic (exact) mass is 360 g/mol. The van der Waals surface area contributed by atoms with Crippen LogP contribution in [0.15, 0.2) is 41.4 Å². The van der Waals surface area contributed by atoms with Crippen LogP contribution in [0.25, 0.3) is 11.0 Å². The molecule has 3 aromatic rings. The third kappa shape index (κ3) is 2.52. The van der Waals surface area contributed by atoms with Gasteiger partial charge >= 0.3 is 0 Å². The van der Waals surface area contributed by atoms with E-state index in [4.69, 9.17) is 15.2 Å². The van der Waals surface area contributed by atoms with Crippen molar-refractivity contribution in [3.05, 3.63) is 47.5 Å². The molecule has 0 bridgehead atoms. The number of nitriles is 1. The number of ether oxygens (including phenoxy) is 2. The van der Waals surface area contributed by atoms with Crippen molar-refractivity contribution in [2.24, 2.45) is 10.7 Å². The van der Waals surface area contributed by atoms with E-state index in [0.717, 1.165) is 23.0 Å². The van der Waals surface area contributed by atoms with Crippen LogP contribution in [0.5, 0.6) is 11.5 Å². The molecule has 27 heavy (non-hydrogen) atoms. The Morgan fingerprint density at radius 1 is 1.19 bits per heavy atom. The van der Waals surface area contributed by atoms with Crippen LogP contribution >= 0.6 is 0 Å². The first-order valence-corrected chi connectivity index (χ1v) is 8.65. The van der Waals surface area contributed by atoms with Crippen LogP contribution in [0.1, 0.15) is 23.7 Å². The molecule has 5 rings (SSSR count). The number of nitrogens with one attached hydrogen (secondary N) is 1. The highest BCUT2D eigenvalue weighted by Crippen LogP contribution is 2.39. The molecule has 2 aliphatic heterocycles. The van der Waals surface area contributed by atoms with Crippen molar-refractivity contribution < 1.29 is 9.47 Å². The van der Waals surface area contributed by atoms with Crippen LogP contribution in [0.3, 0.4) is 0 Å². The number of guanidine groups is 1. The maximum atomic E-state index is 9.23. The molecular formula is C19H16N6O2. The first kappa shape index (κ1) is 15.5. The van der Waals surface area contributed by atoms with E-state index < -0.39 is 6.17 Å². The Labute approximate surface area is 154 Å². The molecule has 0 amide bonds. The molecule has 0 aliphatic carbocycles. The minimum absolute atomic E-state index is 0.277. The highest BCUT2D eigenvalue weighted by atomic mass is 16.5. The zero-order valence-corrected chi connectivity index (χ0v) is 14.3. The number of nitrogens with zero attached hydrogens (tertiary/aromatic N) is 4. The number of imidazole rings is 1. The van der Waals surface area contributed by atoms with E-state index in [-0.39, 0.29) is 5.96 Å². The van der Waals surface area contributed by atoms with Gasteiger partial charge in [-0.3, -0.25) is 9.88 Å². The zero-order valence-electron chi connectivity index (χ0n) is 14.3. The van der Waals surface area contributed by atoms with Crippen molar-refractivity contribution in [2.45, 2.75) is 12.6 Å². The number of rotatable bonds is 1. The Morgan fingerprint density at radius 2 is 2.00 bits per heavy atom. The van der Waals surface area contributed by atoms with Crippen LogP contribution in [0, 0.1) is 11.3 Å². The average Bonchev–Trinajstić information content (AvgIpc) is 2.87. The van der Waals surface area contributed by atoms with Crippen molar-refractivity contribution in [3.63, 3.8) is 0 Å². The zero-order chi connectivity index (χ0) is 18.4. The van der Waals surface area contributed by atoms with Crippen molar-refractivity contribution in [1.82, 2.24) is 9.55 Å². The molecule has 3 N–H and O–H groups in total. The molecule has 0 radical (unpaired) electrons. The number of fused-ring (bicyclic) bond motifs is 4. The topological polar surface area (TPSA) is 110 Å². The minimum Gasteiger partial charge on any atom is -0.489 e. The molecule has 8 nitrogen and oxygen atoms in total. The van der Waals surface area contributed by atoms with Crippen LogP contribution in [0.4, 0.5) is 5.95 Å². The van der Waals surface area contributed by atoms with Gasteiger partial charge < -0.3 is 15.2 Å². The minimum atomic E-state index is -0.427. The highest BCUT2D eigenvalue weighted by Gasteiger charge is 2.27. The van der Waals surface area contributed by atoms with Crippen LogP contribution in [-0.2, 0) is 0 Å². The van der Waals surface area contributed by atoms with Crippen LogP contribution in [0.2, 0.25) is 0 Å². The van der Waals surface area contributed by atoms with Gasteiger partial charge in [0.05, 0.1) is 35.9 Å². The average molecular weight is 360 g/mol. The van der Waals surface area contributed by atoms with Crippen LogP contribution in [-0.4, -0.2) is 28.7 Å². The largest absolute Gasteiger partial charge is 0.489 e. The number of anilines is 1. The van der Waals surface area contributed by atoms with Gasteiger partial charge in [-0.2, -0.15) is 5.26 Å². The van der Waals surface area contributed by atoms with E-state index >= 15 is 0 Å². The van der Waals surface area contributed by atoms with E-state index in [2.05, 4.69) is 21.4 Å². The second kappa shape index (κ2) is 5.92. The lowest BCUT2D eigenvalue weighted by Gasteiger charge is -2.24. The van der Waals surface area contributed by atoms with Crippen molar-refractivity contribution >= 4 is 22.9 Å². The quantitative estimate of drug-likeness (QED) is 0.689. The van der Waals surface area contributed by atoms with Gasteiger partial charge in [-0.1, -0.05) is 12.1 Å². The van der Waals surface area contributed by atoms with E-state index in [0.29, 0.717) is 36.2 Å². The van der Waals surface area contributed by atoms with Gasteiger partial charge in [0.1, 0.15) is 0 Å². The molecule has 0 spiro atoms. The van der Waals surface area contributed by atoms with Gasteiger partial charge in [-0.05, 0) is 17.7 Å². The fourth-order valence-electron chi connectivity index (χ4n) is 3.42. The van der Waals surface area contributed by atoms with Gasteiger partial charge in [-0.25, -0.2) is 9.98 Å². The first-order chi connectivity index (χ1) is 13.2. The molecule has 1 atom stereocenters. The fourth-order valence-corrected chi connectivity index (χ4v) is 3.42. The predicted octanol–water partition coefficient (Wildman–Crippen LogP) is 2.36. The maximum Gasteiger partial charge on any atom is 0.212 e. The third-order valence-corrected chi connectivity index (χ3v) is 4.62. The Morgan fingerprint density at radius 3 is 2.81 bits per heavy atom. The number of nitrogens with two attached hydrogens (primary N) is 1. The molecule has 0 saturated carbocycles. The van der Waals surface area contributed by atoms with Crippen molar-refractivity contribution in [1.29, 1.82) is 5.26 Å². The summed E-state index contributed by atoms with van der Waals surface area (Å²) >= 11 is 0. The number of hydrogen-bond acceptors (Lipinski definition) is 7. The SMILES string of the molecule is N#Cc1cccc(C2N=C(N)Nc3nc4cc5c(cc4n32)OCCCO5)c1. The summed E-state index contributed by atoms with van der Waals surface area (Å²) in [6.07, 6.45) is 0.410. The van der Waals surface area contributed by atoms with Crippen LogP contribution < -0.4 is 20.5 Å². The summed E-state index contributed by atoms with van der Waals surface area (Å²) < 4.78 is 13.5. The lowest BCUT2D eigenvalue weighted by molar-refractivity contribution is 0.297. The van der Waals surface area contributed by atoms with E-state index in [1.807, 2.05) is 34.9 Å². The summed E-state index contributed by atoms with van der Waals surface area (Å²) in [5.74, 6) is 2.24. The third-order valence-electron chi connectivity index (χ3n) is 4.62. The van der Waals surface area contributed by atoms with Gasteiger partial charge in [-0.15, -0.1) is 0 Å². The van der Waals surface area contributed by atoms with E-state index in [1.54, 1.807) is 6.07 Å². The second-order valence-corrected chi connectivity index (χ2v) is 6.39. The van der Waals surface area contributed by atoms with Crippen molar-refractivity contribution in [2.75, 3.05) is 18.5 Å². The lowest BCUT2D eigenvalue weighted by atomic mass is 10.1. The first-order valence-electron chi connectivity index (χ1n) is 8.65. The molecule has 134 valence electrons. The molecular weight excluding hydrogens is 344 g/mol. The molecule has 2 aliphatic rings. The Hall–Kier alpha value is -3.73. The molecule has 0 saturated heterocycles. The lowest BCUT2D eigenvalue weighted by Crippen LogP contribution is -2.31. The summed E-state index contributed by atoms with van der Waals surface area (Å²) in [5, 5.41) is 12.2. The Kier molecular flexibility index (Phi) is 3.40. The van der Waals surface area contributed by atoms with Gasteiger partial charge in [0, 0.05) is 18.6 Å². The second-order valence-electron chi connectivity index (χ2n) is 6.39. The number of hydrogen-bond donors (Lipinski definition) is 2. The van der Waals surface area contributed by atoms with Gasteiger partial charge in [0.2, 0.25) is 5.95 Å². The van der Waals surface area contributed by atoms with Gasteiger partial charge in [0.25, 0.3) is 0 Å². The normalized spacial score (nSPS) is 18.0. The number of aromatic nitrogens is 2. The predicted molar refractivity (Wildman–Crippen MR) is 99.9 cm³/mol. The summed E-state index contributed by atoms with van der Waals surface area (Å²) in [6, 6.07) is 13.3. The summed E-state index contributed by atoms with van der Waals surface area (Å²) in [5.41, 5.74) is 9.01. The maximum absolute atomic E-state index is 9.23. The van der Waals surface area contributed by atoms with Crippen molar-refractivity contribution in [3.8, 4) is 17.6 Å². The van der Waals surface area contributed by atoms with E-state index in [1.165, 1.54) is 0 Å². The Balaban J connectivity index is 1.71. The smallest absolute Gasteiger partial charge is 0.212 e. The molecule has 1 aromatic heterocycles. The molecule has 1 unspecified atom stereocenters. The molecule has 0 fully saturated rings. The number of aliphatic imine (C=N–C) groups is 1. The van der Waals surface area contributed by atoms with E-state index in [9.17, 15) is 5.26 Å². The summed E-state index contributed by atoms with van der Waals surface area (Å²) in [6.45, 7) is 1.22. The summed E-state index contributed by atoms with van der Waals surface area (Å²) in [4.78, 5) is 9.20. The standard InChI is InChI=1S/C19H16N6O2/c20-10-11-3-1-4-12(7-11)17-23-18(21)24-19-22-13-8-15-16(9-14(13)25(17)19)27-6-2-5-26-15/h1,3-4,7-9,17H,2,5-6H2,(H3,21,22,23,24). The molecule has 2 aromatic carbocycles. The highest BCUT2D eigenvalue weighted by molar-refractivity contribution is 5.95. The Bertz CT molecular complexity index is 1130. The molecule has 8 heteroatoms. The number of benzene rings is 2.